The first-order chi connectivity index (χ1) is 13.0. The first-order valence-corrected chi connectivity index (χ1v) is 8.77. The smallest absolute Gasteiger partial charge is 0.305 e. The first-order valence-electron chi connectivity index (χ1n) is 8.77. The minimum atomic E-state index is -0.529. The first kappa shape index (κ1) is 18.7. The van der Waals surface area contributed by atoms with Crippen LogP contribution in [0.15, 0.2) is 46.9 Å². The van der Waals surface area contributed by atoms with E-state index in [4.69, 9.17) is 9.15 Å². The number of rotatable bonds is 5. The van der Waals surface area contributed by atoms with Crippen LogP contribution in [0.3, 0.4) is 0 Å². The zero-order valence-electron chi connectivity index (χ0n) is 15.6. The summed E-state index contributed by atoms with van der Waals surface area (Å²) in [6, 6.07) is 12.9. The van der Waals surface area contributed by atoms with Crippen molar-refractivity contribution >= 4 is 22.8 Å². The van der Waals surface area contributed by atoms with Gasteiger partial charge in [0.2, 0.25) is 0 Å². The molecule has 0 aliphatic rings. The number of hydrazine groups is 1. The summed E-state index contributed by atoms with van der Waals surface area (Å²) in [6.45, 7) is 6.46. The van der Waals surface area contributed by atoms with Crippen LogP contribution in [0.25, 0.3) is 11.0 Å². The summed E-state index contributed by atoms with van der Waals surface area (Å²) in [5, 5.41) is 0.816. The fourth-order valence-electron chi connectivity index (χ4n) is 2.94. The van der Waals surface area contributed by atoms with E-state index in [1.165, 1.54) is 0 Å². The van der Waals surface area contributed by atoms with Crippen molar-refractivity contribution in [2.75, 3.05) is 6.61 Å². The molecule has 6 nitrogen and oxygen atoms in total. The van der Waals surface area contributed by atoms with Crippen LogP contribution in [0.4, 0.5) is 0 Å². The third kappa shape index (κ3) is 4.01. The van der Waals surface area contributed by atoms with Gasteiger partial charge in [-0.25, -0.2) is 0 Å². The molecule has 0 aliphatic carbocycles. The largest absolute Gasteiger partial charge is 0.450 e. The number of fused-ring (bicyclic) bond motifs is 1. The zero-order chi connectivity index (χ0) is 19.4. The van der Waals surface area contributed by atoms with Crippen LogP contribution in [0.2, 0.25) is 0 Å². The maximum atomic E-state index is 12.6. The van der Waals surface area contributed by atoms with Crippen molar-refractivity contribution in [2.45, 2.75) is 27.4 Å². The number of hydrogen-bond donors (Lipinski definition) is 2. The normalized spacial score (nSPS) is 10.8. The fraction of sp³-hybridized carbons (Fsp3) is 0.238. The molecule has 3 aromatic rings. The van der Waals surface area contributed by atoms with Gasteiger partial charge < -0.3 is 9.15 Å². The predicted octanol–water partition coefficient (Wildman–Crippen LogP) is 3.66. The molecule has 0 unspecified atom stereocenters. The SMILES string of the molecule is CCOCc1c(C(=O)NNC(=O)c2ccc(C)cc2C)oc2ccccc12. The number of ether oxygens (including phenoxy) is 1. The molecule has 0 atom stereocenters. The van der Waals surface area contributed by atoms with Gasteiger partial charge in [-0.2, -0.15) is 0 Å². The average molecular weight is 366 g/mol. The van der Waals surface area contributed by atoms with Gasteiger partial charge in [0.05, 0.1) is 6.61 Å². The van der Waals surface area contributed by atoms with Gasteiger partial charge in [0, 0.05) is 23.1 Å². The van der Waals surface area contributed by atoms with Crippen LogP contribution in [0.1, 0.15) is 44.5 Å². The van der Waals surface area contributed by atoms with Crippen LogP contribution in [-0.4, -0.2) is 18.4 Å². The molecular weight excluding hydrogens is 344 g/mol. The van der Waals surface area contributed by atoms with E-state index in [0.29, 0.717) is 23.3 Å². The number of carbonyl (C=O) groups excluding carboxylic acids is 2. The summed E-state index contributed by atoms with van der Waals surface area (Å²) in [6.07, 6.45) is 0. The highest BCUT2D eigenvalue weighted by Gasteiger charge is 2.21. The molecule has 0 radical (unpaired) electrons. The van der Waals surface area contributed by atoms with Gasteiger partial charge in [0.15, 0.2) is 5.76 Å². The van der Waals surface area contributed by atoms with Crippen LogP contribution in [0.5, 0.6) is 0 Å². The summed E-state index contributed by atoms with van der Waals surface area (Å²) in [7, 11) is 0. The highest BCUT2D eigenvalue weighted by molar-refractivity contribution is 6.01. The number of carbonyl (C=O) groups is 2. The zero-order valence-corrected chi connectivity index (χ0v) is 15.6. The maximum absolute atomic E-state index is 12.6. The lowest BCUT2D eigenvalue weighted by Crippen LogP contribution is -2.42. The van der Waals surface area contributed by atoms with Crippen molar-refractivity contribution in [3.05, 3.63) is 70.5 Å². The van der Waals surface area contributed by atoms with Crippen molar-refractivity contribution in [3.8, 4) is 0 Å². The van der Waals surface area contributed by atoms with Gasteiger partial charge >= 0.3 is 5.91 Å². The van der Waals surface area contributed by atoms with Crippen LogP contribution in [-0.2, 0) is 11.3 Å². The Balaban J connectivity index is 1.78. The molecule has 0 bridgehead atoms. The van der Waals surface area contributed by atoms with Gasteiger partial charge in [0.1, 0.15) is 5.58 Å². The monoisotopic (exact) mass is 366 g/mol. The molecule has 2 N–H and O–H groups in total. The van der Waals surface area contributed by atoms with E-state index in [0.717, 1.165) is 16.5 Å². The van der Waals surface area contributed by atoms with Crippen LogP contribution < -0.4 is 10.9 Å². The van der Waals surface area contributed by atoms with Crippen molar-refractivity contribution < 1.29 is 18.7 Å². The third-order valence-electron chi connectivity index (χ3n) is 4.27. The molecule has 1 heterocycles. The third-order valence-corrected chi connectivity index (χ3v) is 4.27. The molecule has 1 aromatic heterocycles. The van der Waals surface area contributed by atoms with Gasteiger partial charge in [-0.15, -0.1) is 0 Å². The number of aryl methyl sites for hydroxylation is 2. The van der Waals surface area contributed by atoms with E-state index in [9.17, 15) is 9.59 Å². The van der Waals surface area contributed by atoms with E-state index in [-0.39, 0.29) is 18.3 Å². The van der Waals surface area contributed by atoms with E-state index in [2.05, 4.69) is 10.9 Å². The van der Waals surface area contributed by atoms with Crippen molar-refractivity contribution in [2.24, 2.45) is 0 Å². The molecule has 0 fully saturated rings. The molecule has 0 aliphatic heterocycles. The molecule has 6 heteroatoms. The van der Waals surface area contributed by atoms with Crippen LogP contribution >= 0.6 is 0 Å². The Morgan fingerprint density at radius 2 is 1.78 bits per heavy atom. The Labute approximate surface area is 157 Å². The van der Waals surface area contributed by atoms with E-state index in [1.807, 2.05) is 51.1 Å². The van der Waals surface area contributed by atoms with Crippen molar-refractivity contribution in [3.63, 3.8) is 0 Å². The van der Waals surface area contributed by atoms with Gasteiger partial charge in [0.25, 0.3) is 5.91 Å². The molecule has 2 aromatic carbocycles. The maximum Gasteiger partial charge on any atom is 0.305 e. The molecule has 3 rings (SSSR count). The highest BCUT2D eigenvalue weighted by Crippen LogP contribution is 2.26. The molecule has 2 amide bonds. The number of benzene rings is 2. The lowest BCUT2D eigenvalue weighted by molar-refractivity contribution is 0.0825. The van der Waals surface area contributed by atoms with Gasteiger partial charge in [-0.3, -0.25) is 20.4 Å². The summed E-state index contributed by atoms with van der Waals surface area (Å²) >= 11 is 0. The molecular formula is C21H22N2O4. The fourth-order valence-corrected chi connectivity index (χ4v) is 2.94. The Morgan fingerprint density at radius 3 is 2.52 bits per heavy atom. The Kier molecular flexibility index (Phi) is 5.57. The molecule has 27 heavy (non-hydrogen) atoms. The molecule has 0 saturated carbocycles. The summed E-state index contributed by atoms with van der Waals surface area (Å²) in [5.74, 6) is -0.784. The van der Waals surface area contributed by atoms with Crippen molar-refractivity contribution in [1.82, 2.24) is 10.9 Å². The standard InChI is InChI=1S/C21H22N2O4/c1-4-26-12-17-16-7-5-6-8-18(16)27-19(17)21(25)23-22-20(24)15-10-9-13(2)11-14(15)3/h5-11H,4,12H2,1-3H3,(H,22,24)(H,23,25). The molecule has 140 valence electrons. The number of para-hydroxylation sites is 1. The number of furan rings is 1. The van der Waals surface area contributed by atoms with Crippen LogP contribution in [0, 0.1) is 13.8 Å². The average Bonchev–Trinajstić information content (AvgIpc) is 3.03. The quantitative estimate of drug-likeness (QED) is 0.675. The Bertz CT molecular complexity index is 991. The minimum absolute atomic E-state index is 0.130. The lowest BCUT2D eigenvalue weighted by Gasteiger charge is -2.09. The topological polar surface area (TPSA) is 80.6 Å². The molecule has 0 spiro atoms. The Hall–Kier alpha value is -3.12. The second-order valence-electron chi connectivity index (χ2n) is 6.27. The van der Waals surface area contributed by atoms with Gasteiger partial charge in [-0.1, -0.05) is 35.9 Å². The summed E-state index contributed by atoms with van der Waals surface area (Å²) in [5.41, 5.74) is 8.53. The number of nitrogens with one attached hydrogen (secondary N) is 2. The summed E-state index contributed by atoms with van der Waals surface area (Å²) < 4.78 is 11.2. The van der Waals surface area contributed by atoms with Gasteiger partial charge in [-0.05, 0) is 38.5 Å². The minimum Gasteiger partial charge on any atom is -0.450 e. The van der Waals surface area contributed by atoms with Crippen molar-refractivity contribution in [1.29, 1.82) is 0 Å². The highest BCUT2D eigenvalue weighted by atomic mass is 16.5. The number of amides is 2. The second-order valence-corrected chi connectivity index (χ2v) is 6.27. The summed E-state index contributed by atoms with van der Waals surface area (Å²) in [4.78, 5) is 25.0. The second kappa shape index (κ2) is 8.05. The number of hydrogen-bond acceptors (Lipinski definition) is 4. The lowest BCUT2D eigenvalue weighted by atomic mass is 10.1. The predicted molar refractivity (Wildman–Crippen MR) is 102 cm³/mol. The van der Waals surface area contributed by atoms with E-state index in [1.54, 1.807) is 12.1 Å². The Morgan fingerprint density at radius 1 is 1.04 bits per heavy atom. The van der Waals surface area contributed by atoms with E-state index >= 15 is 0 Å². The molecule has 0 saturated heterocycles. The van der Waals surface area contributed by atoms with E-state index < -0.39 is 5.91 Å².